The zero-order valence-electron chi connectivity index (χ0n) is 27.4. The van der Waals surface area contributed by atoms with E-state index in [9.17, 15) is 0 Å². The summed E-state index contributed by atoms with van der Waals surface area (Å²) in [6.45, 7) is 0. The van der Waals surface area contributed by atoms with Crippen LogP contribution in [0.4, 0.5) is 0 Å². The van der Waals surface area contributed by atoms with Crippen molar-refractivity contribution in [3.05, 3.63) is 149 Å². The van der Waals surface area contributed by atoms with Crippen LogP contribution in [0.25, 0.3) is 93.3 Å². The van der Waals surface area contributed by atoms with Crippen molar-refractivity contribution in [1.29, 1.82) is 0 Å². The van der Waals surface area contributed by atoms with Crippen molar-refractivity contribution in [2.24, 2.45) is 0 Å². The Morgan fingerprint density at radius 1 is 0.647 bits per heavy atom. The molecule has 0 saturated heterocycles. The van der Waals surface area contributed by atoms with E-state index in [0.29, 0.717) is 0 Å². The lowest BCUT2D eigenvalue weighted by Gasteiger charge is -2.29. The highest BCUT2D eigenvalue weighted by atomic mass is 32.1. The molecule has 2 aliphatic rings. The van der Waals surface area contributed by atoms with Crippen molar-refractivity contribution >= 4 is 82.3 Å². The molecule has 4 nitrogen and oxygen atoms in total. The summed E-state index contributed by atoms with van der Waals surface area (Å²) in [6, 6.07) is 41.0. The summed E-state index contributed by atoms with van der Waals surface area (Å²) < 4.78 is 13.9. The highest BCUT2D eigenvalue weighted by molar-refractivity contribution is 7.19. The molecule has 6 aromatic carbocycles. The summed E-state index contributed by atoms with van der Waals surface area (Å²) in [5, 5.41) is 6.85. The molecular formula is C46H28N2O2S. The average molecular weight is 673 g/mol. The van der Waals surface area contributed by atoms with Gasteiger partial charge in [-0.15, -0.1) is 11.3 Å². The third-order valence-electron chi connectivity index (χ3n) is 11.1. The van der Waals surface area contributed by atoms with Crippen molar-refractivity contribution in [2.45, 2.75) is 25.2 Å². The zero-order chi connectivity index (χ0) is 33.2. The molecule has 0 N–H and O–H groups in total. The predicted molar refractivity (Wildman–Crippen MR) is 210 cm³/mol. The first-order chi connectivity index (χ1) is 25.3. The van der Waals surface area contributed by atoms with Gasteiger partial charge in [0.15, 0.2) is 0 Å². The molecule has 0 saturated carbocycles. The molecule has 10 aromatic rings. The van der Waals surface area contributed by atoms with Crippen LogP contribution in [0.3, 0.4) is 0 Å². The second-order valence-electron chi connectivity index (χ2n) is 13.9. The largest absolute Gasteiger partial charge is 0.456 e. The van der Waals surface area contributed by atoms with Gasteiger partial charge in [0.1, 0.15) is 28.2 Å². The minimum absolute atomic E-state index is 0.00248. The molecular weight excluding hydrogens is 645 g/mol. The number of aryl methyl sites for hydroxylation is 1. The average Bonchev–Trinajstić information content (AvgIpc) is 3.87. The summed E-state index contributed by atoms with van der Waals surface area (Å²) in [4.78, 5) is 12.5. The second-order valence-corrected chi connectivity index (χ2v) is 15.0. The van der Waals surface area contributed by atoms with Crippen LogP contribution < -0.4 is 0 Å². The second kappa shape index (κ2) is 10.3. The minimum Gasteiger partial charge on any atom is -0.456 e. The Hall–Kier alpha value is -6.04. The molecule has 240 valence electrons. The number of allylic oxidation sites excluding steroid dienone is 1. The number of thiophene rings is 1. The lowest BCUT2D eigenvalue weighted by Crippen LogP contribution is -2.16. The van der Waals surface area contributed by atoms with Gasteiger partial charge >= 0.3 is 0 Å². The van der Waals surface area contributed by atoms with Gasteiger partial charge in [-0.3, -0.25) is 0 Å². The molecule has 51 heavy (non-hydrogen) atoms. The fourth-order valence-corrected chi connectivity index (χ4v) is 10.1. The van der Waals surface area contributed by atoms with Gasteiger partial charge < -0.3 is 8.83 Å². The lowest BCUT2D eigenvalue weighted by atomic mass is 9.76. The van der Waals surface area contributed by atoms with Gasteiger partial charge in [-0.2, -0.15) is 0 Å². The first kappa shape index (κ1) is 27.7. The lowest BCUT2D eigenvalue weighted by molar-refractivity contribution is 0.663. The van der Waals surface area contributed by atoms with Gasteiger partial charge in [-0.05, 0) is 88.7 Å². The van der Waals surface area contributed by atoms with Crippen LogP contribution in [0.15, 0.2) is 130 Å². The van der Waals surface area contributed by atoms with Crippen LogP contribution in [-0.4, -0.2) is 9.97 Å². The predicted octanol–water partition coefficient (Wildman–Crippen LogP) is 12.6. The maximum Gasteiger partial charge on any atom is 0.137 e. The number of furan rings is 2. The van der Waals surface area contributed by atoms with Crippen LogP contribution in [0.1, 0.15) is 39.7 Å². The molecule has 0 fully saturated rings. The summed E-state index contributed by atoms with van der Waals surface area (Å²) in [5.74, 6) is 0.882. The monoisotopic (exact) mass is 672 g/mol. The van der Waals surface area contributed by atoms with Gasteiger partial charge in [0.05, 0.1) is 15.9 Å². The van der Waals surface area contributed by atoms with Crippen LogP contribution in [0, 0.1) is 0 Å². The third-order valence-corrected chi connectivity index (χ3v) is 12.4. The Morgan fingerprint density at radius 3 is 2.33 bits per heavy atom. The molecule has 0 amide bonds. The van der Waals surface area contributed by atoms with Gasteiger partial charge in [-0.1, -0.05) is 91.0 Å². The smallest absolute Gasteiger partial charge is 0.137 e. The van der Waals surface area contributed by atoms with Crippen LogP contribution in [0.2, 0.25) is 0 Å². The normalized spacial score (nSPS) is 15.3. The third kappa shape index (κ3) is 3.90. The Labute approximate surface area is 296 Å². The topological polar surface area (TPSA) is 52.1 Å². The Balaban J connectivity index is 1.15. The number of para-hydroxylation sites is 1. The van der Waals surface area contributed by atoms with Gasteiger partial charge in [0, 0.05) is 43.5 Å². The first-order valence-corrected chi connectivity index (χ1v) is 18.5. The molecule has 4 aromatic heterocycles. The number of benzene rings is 6. The molecule has 1 atom stereocenters. The minimum atomic E-state index is 0.00248. The van der Waals surface area contributed by atoms with Crippen LogP contribution >= 0.6 is 11.3 Å². The van der Waals surface area contributed by atoms with E-state index in [-0.39, 0.29) is 5.92 Å². The fourth-order valence-electron chi connectivity index (χ4n) is 8.82. The molecule has 0 radical (unpaired) electrons. The van der Waals surface area contributed by atoms with Crippen molar-refractivity contribution in [3.8, 4) is 22.4 Å². The summed E-state index contributed by atoms with van der Waals surface area (Å²) in [6.07, 6.45) is 7.50. The molecule has 0 spiro atoms. The summed E-state index contributed by atoms with van der Waals surface area (Å²) >= 11 is 1.86. The van der Waals surface area contributed by atoms with E-state index in [0.717, 1.165) is 90.4 Å². The first-order valence-electron chi connectivity index (χ1n) is 17.6. The number of aromatic nitrogens is 2. The number of fused-ring (bicyclic) bond motifs is 15. The van der Waals surface area contributed by atoms with E-state index in [1.165, 1.54) is 43.5 Å². The number of hydrogen-bond donors (Lipinski definition) is 0. The molecule has 12 rings (SSSR count). The van der Waals surface area contributed by atoms with E-state index in [1.807, 2.05) is 35.6 Å². The molecule has 4 heterocycles. The zero-order valence-corrected chi connectivity index (χ0v) is 28.3. The standard InChI is InChI=1S/C46H28N2O2S/c1-4-12-29-25(9-1)17-19-30-28-11-3-2-10-26(28)23-34(40(29)30)46-47-43(45-44(48-46)32-14-6-8-16-39(32)51-45)27-18-20-36-33(24-27)42-38(50-36)22-21-37-41(42)31-13-5-7-15-35(31)49-37/h1-7,9-15,17-22,24,34H,8,16,23H2. The van der Waals surface area contributed by atoms with Crippen molar-refractivity contribution < 1.29 is 8.83 Å². The summed E-state index contributed by atoms with van der Waals surface area (Å²) in [5.41, 5.74) is 13.1. The number of nitrogens with zero attached hydrogens (tertiary/aromatic N) is 2. The Bertz CT molecular complexity index is 3140. The maximum atomic E-state index is 6.47. The van der Waals surface area contributed by atoms with Gasteiger partial charge in [0.2, 0.25) is 0 Å². The maximum absolute atomic E-state index is 6.47. The van der Waals surface area contributed by atoms with E-state index in [1.54, 1.807) is 0 Å². The SMILES string of the molecule is C1=Cc2c(sc3c(-c4ccc5oc6ccc7oc8ccccc8c7c6c5c4)nc(C4Cc5ccccc5-c5ccc6ccccc6c54)nc23)CC1. The van der Waals surface area contributed by atoms with E-state index in [4.69, 9.17) is 18.8 Å². The van der Waals surface area contributed by atoms with Crippen molar-refractivity contribution in [3.63, 3.8) is 0 Å². The van der Waals surface area contributed by atoms with Crippen LogP contribution in [-0.2, 0) is 12.8 Å². The molecule has 0 bridgehead atoms. The van der Waals surface area contributed by atoms with E-state index < -0.39 is 0 Å². The Morgan fingerprint density at radius 2 is 1.41 bits per heavy atom. The highest BCUT2D eigenvalue weighted by Crippen LogP contribution is 2.48. The fraction of sp³-hybridized carbons (Fsp3) is 0.0870. The summed E-state index contributed by atoms with van der Waals surface area (Å²) in [7, 11) is 0. The number of hydrogen-bond acceptors (Lipinski definition) is 5. The van der Waals surface area contributed by atoms with Gasteiger partial charge in [0.25, 0.3) is 0 Å². The van der Waals surface area contributed by atoms with E-state index >= 15 is 0 Å². The Kier molecular flexibility index (Phi) is 5.58. The van der Waals surface area contributed by atoms with Crippen molar-refractivity contribution in [2.75, 3.05) is 0 Å². The molecule has 5 heteroatoms. The quantitative estimate of drug-likeness (QED) is 0.183. The number of rotatable bonds is 2. The van der Waals surface area contributed by atoms with Crippen LogP contribution in [0.5, 0.6) is 0 Å². The molecule has 2 aliphatic carbocycles. The highest BCUT2D eigenvalue weighted by Gasteiger charge is 2.31. The molecule has 1 unspecified atom stereocenters. The van der Waals surface area contributed by atoms with Crippen molar-refractivity contribution in [1.82, 2.24) is 9.97 Å². The van der Waals surface area contributed by atoms with Gasteiger partial charge in [-0.25, -0.2) is 9.97 Å². The molecule has 0 aliphatic heterocycles. The van der Waals surface area contributed by atoms with E-state index in [2.05, 4.69) is 103 Å².